The number of hydrogen-bond acceptors (Lipinski definition) is 5. The maximum atomic E-state index is 10.9. The van der Waals surface area contributed by atoms with E-state index in [1.54, 1.807) is 30.3 Å². The van der Waals surface area contributed by atoms with Crippen LogP contribution in [0.25, 0.3) is 0 Å². The van der Waals surface area contributed by atoms with Crippen LogP contribution < -0.4 is 47.9 Å². The molecule has 0 fully saturated rings. The maximum absolute atomic E-state index is 10.9. The number of ketones is 1. The second-order valence-corrected chi connectivity index (χ2v) is 3.62. The average molecular weight is 248 g/mol. The van der Waals surface area contributed by atoms with Crippen molar-refractivity contribution >= 4 is 17.7 Å². The van der Waals surface area contributed by atoms with E-state index in [-0.39, 0.29) is 44.1 Å². The SMILES string of the molecule is O=C([O-])C(=O)CC(Cc1ccccc1)C(=O)[O-].[Li+].[Li+]. The molecular formula is C12H10Li2O5. The second-order valence-electron chi connectivity index (χ2n) is 3.62. The normalized spacial score (nSPS) is 10.5. The Kier molecular flexibility index (Phi) is 10.6. The molecule has 1 rings (SSSR count). The molecule has 0 radical (unpaired) electrons. The van der Waals surface area contributed by atoms with E-state index in [1.165, 1.54) is 0 Å². The van der Waals surface area contributed by atoms with Gasteiger partial charge in [-0.1, -0.05) is 30.3 Å². The van der Waals surface area contributed by atoms with Crippen molar-refractivity contribution in [1.29, 1.82) is 0 Å². The molecule has 0 N–H and O–H groups in total. The Labute approximate surface area is 134 Å². The molecule has 0 saturated carbocycles. The minimum Gasteiger partial charge on any atom is -0.550 e. The molecule has 19 heavy (non-hydrogen) atoms. The van der Waals surface area contributed by atoms with Crippen LogP contribution in [0.2, 0.25) is 0 Å². The van der Waals surface area contributed by atoms with Crippen molar-refractivity contribution in [1.82, 2.24) is 0 Å². The Hall–Kier alpha value is -0.975. The van der Waals surface area contributed by atoms with Crippen molar-refractivity contribution < 1.29 is 62.3 Å². The Morgan fingerprint density at radius 3 is 1.95 bits per heavy atom. The summed E-state index contributed by atoms with van der Waals surface area (Å²) in [6.07, 6.45) is -0.554. The minimum atomic E-state index is -1.87. The molecule has 0 aromatic heterocycles. The monoisotopic (exact) mass is 248 g/mol. The maximum Gasteiger partial charge on any atom is 1.00 e. The third kappa shape index (κ3) is 7.25. The summed E-state index contributed by atoms with van der Waals surface area (Å²) >= 11 is 0. The van der Waals surface area contributed by atoms with E-state index >= 15 is 0 Å². The molecule has 0 aliphatic heterocycles. The molecule has 1 unspecified atom stereocenters. The molecule has 90 valence electrons. The van der Waals surface area contributed by atoms with Gasteiger partial charge in [0, 0.05) is 18.3 Å². The molecule has 1 aromatic carbocycles. The summed E-state index contributed by atoms with van der Waals surface area (Å²) in [6.45, 7) is 0. The van der Waals surface area contributed by atoms with Gasteiger partial charge in [-0.3, -0.25) is 4.79 Å². The van der Waals surface area contributed by atoms with Crippen LogP contribution in [0.4, 0.5) is 0 Å². The minimum absolute atomic E-state index is 0. The standard InChI is InChI=1S/C12H12O5.2Li/c13-10(12(16)17)7-9(11(14)15)6-8-4-2-1-3-5-8;;/h1-5,9H,6-7H2,(H,14,15)(H,16,17);;/q;2*+1/p-2. The van der Waals surface area contributed by atoms with Crippen LogP contribution in [0.5, 0.6) is 0 Å². The van der Waals surface area contributed by atoms with Crippen LogP contribution in [-0.4, -0.2) is 17.7 Å². The molecule has 0 bridgehead atoms. The fourth-order valence-corrected chi connectivity index (χ4v) is 1.44. The Morgan fingerprint density at radius 1 is 1.00 bits per heavy atom. The summed E-state index contributed by atoms with van der Waals surface area (Å²) in [7, 11) is 0. The molecule has 0 amide bonds. The van der Waals surface area contributed by atoms with Crippen molar-refractivity contribution in [2.24, 2.45) is 5.92 Å². The van der Waals surface area contributed by atoms with Gasteiger partial charge >= 0.3 is 37.7 Å². The molecule has 0 saturated heterocycles. The van der Waals surface area contributed by atoms with Crippen LogP contribution in [0.15, 0.2) is 30.3 Å². The molecule has 1 atom stereocenters. The van der Waals surface area contributed by atoms with Crippen molar-refractivity contribution in [2.45, 2.75) is 12.8 Å². The van der Waals surface area contributed by atoms with Crippen LogP contribution in [0.3, 0.4) is 0 Å². The molecular weight excluding hydrogens is 238 g/mol. The molecule has 0 aliphatic carbocycles. The summed E-state index contributed by atoms with van der Waals surface area (Å²) in [4.78, 5) is 31.9. The van der Waals surface area contributed by atoms with Gasteiger partial charge in [-0.2, -0.15) is 0 Å². The van der Waals surface area contributed by atoms with Gasteiger partial charge < -0.3 is 19.8 Å². The molecule has 0 spiro atoms. The van der Waals surface area contributed by atoms with Crippen molar-refractivity contribution in [3.05, 3.63) is 35.9 Å². The van der Waals surface area contributed by atoms with Gasteiger partial charge in [-0.15, -0.1) is 0 Å². The fraction of sp³-hybridized carbons (Fsp3) is 0.250. The molecule has 0 heterocycles. The number of carbonyl (C=O) groups excluding carboxylic acids is 3. The zero-order valence-corrected chi connectivity index (χ0v) is 10.9. The molecule has 0 aliphatic rings. The zero-order valence-electron chi connectivity index (χ0n) is 10.9. The van der Waals surface area contributed by atoms with E-state index in [1.807, 2.05) is 0 Å². The third-order valence-electron chi connectivity index (χ3n) is 2.32. The van der Waals surface area contributed by atoms with Crippen LogP contribution >= 0.6 is 0 Å². The fourth-order valence-electron chi connectivity index (χ4n) is 1.44. The summed E-state index contributed by atoms with van der Waals surface area (Å²) in [5.74, 6) is -5.69. The van der Waals surface area contributed by atoms with E-state index < -0.39 is 30.1 Å². The van der Waals surface area contributed by atoms with E-state index in [0.29, 0.717) is 5.56 Å². The quantitative estimate of drug-likeness (QED) is 0.368. The van der Waals surface area contributed by atoms with Gasteiger partial charge in [-0.25, -0.2) is 0 Å². The predicted molar refractivity (Wildman–Crippen MR) is 53.3 cm³/mol. The van der Waals surface area contributed by atoms with Gasteiger partial charge in [0.15, 0.2) is 5.78 Å². The summed E-state index contributed by atoms with van der Waals surface area (Å²) in [5, 5.41) is 21.0. The summed E-state index contributed by atoms with van der Waals surface area (Å²) in [6, 6.07) is 8.60. The first-order chi connectivity index (χ1) is 8.00. The van der Waals surface area contributed by atoms with Gasteiger partial charge in [0.05, 0.1) is 0 Å². The van der Waals surface area contributed by atoms with Crippen molar-refractivity contribution in [2.75, 3.05) is 0 Å². The van der Waals surface area contributed by atoms with Crippen LogP contribution in [0, 0.1) is 5.92 Å². The number of hydrogen-bond donors (Lipinski definition) is 0. The first kappa shape index (κ1) is 20.3. The summed E-state index contributed by atoms with van der Waals surface area (Å²) < 4.78 is 0. The van der Waals surface area contributed by atoms with Crippen LogP contribution in [-0.2, 0) is 20.8 Å². The predicted octanol–water partition coefficient (Wildman–Crippen LogP) is -7.69. The summed E-state index contributed by atoms with van der Waals surface area (Å²) in [5.41, 5.74) is 0.702. The van der Waals surface area contributed by atoms with Crippen LogP contribution in [0.1, 0.15) is 12.0 Å². The smallest absolute Gasteiger partial charge is 0.550 e. The largest absolute Gasteiger partial charge is 1.00 e. The number of carboxylic acid groups (broad SMARTS) is 2. The van der Waals surface area contributed by atoms with Crippen molar-refractivity contribution in [3.8, 4) is 0 Å². The second kappa shape index (κ2) is 9.89. The molecule has 1 aromatic rings. The van der Waals surface area contributed by atoms with Gasteiger partial charge in [-0.05, 0) is 12.0 Å². The zero-order chi connectivity index (χ0) is 12.8. The number of rotatable bonds is 6. The topological polar surface area (TPSA) is 97.3 Å². The van der Waals surface area contributed by atoms with E-state index in [2.05, 4.69) is 0 Å². The molecule has 5 nitrogen and oxygen atoms in total. The number of aliphatic carboxylic acids is 2. The van der Waals surface area contributed by atoms with E-state index in [4.69, 9.17) is 0 Å². The molecule has 7 heteroatoms. The van der Waals surface area contributed by atoms with Gasteiger partial charge in [0.25, 0.3) is 0 Å². The number of carboxylic acids is 2. The van der Waals surface area contributed by atoms with Gasteiger partial charge in [0.2, 0.25) is 0 Å². The first-order valence-electron chi connectivity index (χ1n) is 4.99. The number of Topliss-reactive ketones (excluding diaryl/α,β-unsaturated/α-hetero) is 1. The Balaban J connectivity index is 0. The van der Waals surface area contributed by atoms with E-state index in [0.717, 1.165) is 0 Å². The van der Waals surface area contributed by atoms with E-state index in [9.17, 15) is 24.6 Å². The average Bonchev–Trinajstić information content (AvgIpc) is 2.29. The van der Waals surface area contributed by atoms with Gasteiger partial charge in [0.1, 0.15) is 5.97 Å². The number of carbonyl (C=O) groups is 3. The van der Waals surface area contributed by atoms with Crippen molar-refractivity contribution in [3.63, 3.8) is 0 Å². The Bertz CT molecular complexity index is 433. The number of benzene rings is 1. The third-order valence-corrected chi connectivity index (χ3v) is 2.32. The first-order valence-corrected chi connectivity index (χ1v) is 4.99. The Morgan fingerprint density at radius 2 is 1.53 bits per heavy atom.